The molecule has 100 valence electrons. The van der Waals surface area contributed by atoms with Gasteiger partial charge in [-0.25, -0.2) is 13.1 Å². The summed E-state index contributed by atoms with van der Waals surface area (Å²) in [5, 5.41) is 11.1. The summed E-state index contributed by atoms with van der Waals surface area (Å²) in [6.07, 6.45) is 1.46. The molecule has 0 atom stereocenters. The summed E-state index contributed by atoms with van der Waals surface area (Å²) < 4.78 is 25.5. The van der Waals surface area contributed by atoms with E-state index in [1.165, 1.54) is 19.9 Å². The molecule has 0 unspecified atom stereocenters. The summed E-state index contributed by atoms with van der Waals surface area (Å²) >= 11 is 5.72. The molecular formula is C12H16ClNO3S. The van der Waals surface area contributed by atoms with E-state index in [2.05, 4.69) is 4.72 Å². The van der Waals surface area contributed by atoms with Crippen LogP contribution in [0.1, 0.15) is 19.4 Å². The Kier molecular flexibility index (Phi) is 4.92. The quantitative estimate of drug-likeness (QED) is 0.871. The molecule has 1 aromatic carbocycles. The smallest absolute Gasteiger partial charge is 0.233 e. The fourth-order valence-electron chi connectivity index (χ4n) is 1.07. The van der Waals surface area contributed by atoms with Crippen LogP contribution in [0.3, 0.4) is 0 Å². The Balaban J connectivity index is 2.68. The van der Waals surface area contributed by atoms with E-state index in [1.54, 1.807) is 24.3 Å². The summed E-state index contributed by atoms with van der Waals surface area (Å²) in [4.78, 5) is 0. The molecule has 1 rings (SSSR count). The molecule has 0 fully saturated rings. The van der Waals surface area contributed by atoms with E-state index in [9.17, 15) is 13.5 Å². The van der Waals surface area contributed by atoms with Gasteiger partial charge in [-0.3, -0.25) is 0 Å². The molecule has 2 N–H and O–H groups in total. The zero-order valence-electron chi connectivity index (χ0n) is 10.2. The van der Waals surface area contributed by atoms with Crippen LogP contribution in [0, 0.1) is 0 Å². The summed E-state index contributed by atoms with van der Waals surface area (Å²) in [7, 11) is -3.55. The van der Waals surface area contributed by atoms with Gasteiger partial charge in [0.1, 0.15) is 0 Å². The maximum Gasteiger partial charge on any atom is 0.233 e. The van der Waals surface area contributed by atoms with Gasteiger partial charge in [-0.1, -0.05) is 23.7 Å². The van der Waals surface area contributed by atoms with Gasteiger partial charge in [0.25, 0.3) is 0 Å². The van der Waals surface area contributed by atoms with Crippen LogP contribution >= 0.6 is 11.6 Å². The standard InChI is InChI=1S/C12H16ClNO3S/c1-12(2,15)9-14-18(16,17)8-7-10-3-5-11(13)6-4-10/h3-8,14-15H,9H2,1-2H3. The van der Waals surface area contributed by atoms with Gasteiger partial charge in [0.15, 0.2) is 0 Å². The van der Waals surface area contributed by atoms with Gasteiger partial charge >= 0.3 is 0 Å². The lowest BCUT2D eigenvalue weighted by Crippen LogP contribution is -2.37. The minimum Gasteiger partial charge on any atom is -0.389 e. The molecule has 18 heavy (non-hydrogen) atoms. The highest BCUT2D eigenvalue weighted by atomic mass is 35.5. The van der Waals surface area contributed by atoms with E-state index in [0.29, 0.717) is 5.02 Å². The van der Waals surface area contributed by atoms with E-state index in [4.69, 9.17) is 11.6 Å². The second kappa shape index (κ2) is 5.84. The van der Waals surface area contributed by atoms with E-state index in [-0.39, 0.29) is 6.54 Å². The molecule has 0 heterocycles. The predicted molar refractivity (Wildman–Crippen MR) is 73.7 cm³/mol. The van der Waals surface area contributed by atoms with Crippen molar-refractivity contribution in [1.82, 2.24) is 4.72 Å². The van der Waals surface area contributed by atoms with Crippen LogP contribution in [0.2, 0.25) is 5.02 Å². The second-order valence-corrected chi connectivity index (χ2v) is 6.62. The summed E-state index contributed by atoms with van der Waals surface area (Å²) in [6.45, 7) is 3.01. The Morgan fingerprint density at radius 1 is 1.33 bits per heavy atom. The molecule has 0 spiro atoms. The average molecular weight is 290 g/mol. The normalized spacial score (nSPS) is 13.1. The third-order valence-electron chi connectivity index (χ3n) is 2.02. The number of hydrogen-bond acceptors (Lipinski definition) is 3. The average Bonchev–Trinajstić information content (AvgIpc) is 2.25. The molecule has 0 amide bonds. The van der Waals surface area contributed by atoms with E-state index < -0.39 is 15.6 Å². The third-order valence-corrected chi connectivity index (χ3v) is 3.31. The van der Waals surface area contributed by atoms with Gasteiger partial charge in [0.2, 0.25) is 10.0 Å². The Hall–Kier alpha value is -0.880. The highest BCUT2D eigenvalue weighted by Crippen LogP contribution is 2.11. The lowest BCUT2D eigenvalue weighted by Gasteiger charge is -2.16. The first-order valence-corrected chi connectivity index (χ1v) is 7.26. The number of nitrogens with one attached hydrogen (secondary N) is 1. The van der Waals surface area contributed by atoms with Crippen molar-refractivity contribution >= 4 is 27.7 Å². The van der Waals surface area contributed by atoms with E-state index in [0.717, 1.165) is 11.0 Å². The minimum absolute atomic E-state index is 0.0414. The number of hydrogen-bond donors (Lipinski definition) is 2. The van der Waals surface area contributed by atoms with Crippen LogP contribution in [0.4, 0.5) is 0 Å². The Morgan fingerprint density at radius 3 is 2.39 bits per heavy atom. The van der Waals surface area contributed by atoms with Crippen molar-refractivity contribution in [3.8, 4) is 0 Å². The summed E-state index contributed by atoms with van der Waals surface area (Å²) in [6, 6.07) is 6.78. The Bertz CT molecular complexity index is 515. The Labute approximate surface area is 112 Å². The van der Waals surface area contributed by atoms with Gasteiger partial charge in [0, 0.05) is 17.0 Å². The molecule has 6 heteroatoms. The van der Waals surface area contributed by atoms with Crippen molar-refractivity contribution < 1.29 is 13.5 Å². The zero-order valence-corrected chi connectivity index (χ0v) is 11.8. The first kappa shape index (κ1) is 15.2. The topological polar surface area (TPSA) is 66.4 Å². The summed E-state index contributed by atoms with van der Waals surface area (Å²) in [5.41, 5.74) is -0.352. The molecule has 1 aromatic rings. The van der Waals surface area contributed by atoms with Gasteiger partial charge in [-0.05, 0) is 37.6 Å². The van der Waals surface area contributed by atoms with Crippen molar-refractivity contribution in [2.45, 2.75) is 19.4 Å². The van der Waals surface area contributed by atoms with Crippen LogP contribution in [-0.4, -0.2) is 25.7 Å². The highest BCUT2D eigenvalue weighted by molar-refractivity contribution is 7.92. The summed E-state index contributed by atoms with van der Waals surface area (Å²) in [5.74, 6) is 0. The lowest BCUT2D eigenvalue weighted by molar-refractivity contribution is 0.0858. The van der Waals surface area contributed by atoms with Crippen LogP contribution in [-0.2, 0) is 10.0 Å². The monoisotopic (exact) mass is 289 g/mol. The number of rotatable bonds is 5. The first-order chi connectivity index (χ1) is 8.18. The van der Waals surface area contributed by atoms with Crippen molar-refractivity contribution in [2.24, 2.45) is 0 Å². The first-order valence-electron chi connectivity index (χ1n) is 5.34. The molecule has 0 aliphatic rings. The van der Waals surface area contributed by atoms with Crippen LogP contribution < -0.4 is 4.72 Å². The van der Waals surface area contributed by atoms with E-state index >= 15 is 0 Å². The maximum absolute atomic E-state index is 11.6. The number of aliphatic hydroxyl groups is 1. The molecule has 0 aliphatic heterocycles. The van der Waals surface area contributed by atoms with Crippen LogP contribution in [0.25, 0.3) is 6.08 Å². The maximum atomic E-state index is 11.6. The molecule has 0 aliphatic carbocycles. The van der Waals surface area contributed by atoms with Gasteiger partial charge in [-0.2, -0.15) is 0 Å². The molecule has 0 saturated carbocycles. The third kappa shape index (κ3) is 6.16. The zero-order chi connectivity index (χ0) is 13.8. The molecule has 4 nitrogen and oxygen atoms in total. The van der Waals surface area contributed by atoms with E-state index in [1.807, 2.05) is 0 Å². The van der Waals surface area contributed by atoms with Crippen molar-refractivity contribution in [1.29, 1.82) is 0 Å². The molecule has 0 radical (unpaired) electrons. The van der Waals surface area contributed by atoms with Gasteiger partial charge < -0.3 is 5.11 Å². The number of sulfonamides is 1. The SMILES string of the molecule is CC(C)(O)CNS(=O)(=O)C=Cc1ccc(Cl)cc1. The van der Waals surface area contributed by atoms with Crippen molar-refractivity contribution in [3.05, 3.63) is 40.3 Å². The van der Waals surface area contributed by atoms with Crippen LogP contribution in [0.15, 0.2) is 29.7 Å². The number of halogens is 1. The largest absolute Gasteiger partial charge is 0.389 e. The molecule has 0 aromatic heterocycles. The van der Waals surface area contributed by atoms with Gasteiger partial charge in [0.05, 0.1) is 5.60 Å². The Morgan fingerprint density at radius 2 is 1.89 bits per heavy atom. The molecule has 0 bridgehead atoms. The fourth-order valence-corrected chi connectivity index (χ4v) is 2.18. The van der Waals surface area contributed by atoms with Crippen molar-refractivity contribution in [3.63, 3.8) is 0 Å². The number of benzene rings is 1. The fraction of sp³-hybridized carbons (Fsp3) is 0.333. The molecule has 0 saturated heterocycles. The molecular weight excluding hydrogens is 274 g/mol. The minimum atomic E-state index is -3.55. The highest BCUT2D eigenvalue weighted by Gasteiger charge is 2.15. The predicted octanol–water partition coefficient (Wildman–Crippen LogP) is 2.00. The van der Waals surface area contributed by atoms with Gasteiger partial charge in [-0.15, -0.1) is 0 Å². The lowest BCUT2D eigenvalue weighted by atomic mass is 10.1. The van der Waals surface area contributed by atoms with Crippen LogP contribution in [0.5, 0.6) is 0 Å². The second-order valence-electron chi connectivity index (χ2n) is 4.53. The van der Waals surface area contributed by atoms with Crippen molar-refractivity contribution in [2.75, 3.05) is 6.54 Å².